The molecule has 4 aromatic rings. The summed E-state index contributed by atoms with van der Waals surface area (Å²) >= 11 is 0. The van der Waals surface area contributed by atoms with Gasteiger partial charge in [-0.05, 0) is 49.2 Å². The number of nitrogens with two attached hydrogens (primary N) is 1. The highest BCUT2D eigenvalue weighted by molar-refractivity contribution is 6.06. The Labute approximate surface area is 192 Å². The molecule has 3 N–H and O–H groups in total. The number of carbonyl (C=O) groups excluding carboxylic acids is 1. The van der Waals surface area contributed by atoms with E-state index < -0.39 is 5.91 Å². The Morgan fingerprint density at radius 1 is 1.09 bits per heavy atom. The number of piperidine rings is 1. The second kappa shape index (κ2) is 8.91. The van der Waals surface area contributed by atoms with E-state index in [0.717, 1.165) is 42.5 Å². The van der Waals surface area contributed by atoms with Crippen LogP contribution >= 0.6 is 0 Å². The van der Waals surface area contributed by atoms with E-state index in [1.54, 1.807) is 25.6 Å². The number of primary amides is 1. The zero-order chi connectivity index (χ0) is 22.8. The van der Waals surface area contributed by atoms with Gasteiger partial charge in [-0.2, -0.15) is 4.98 Å². The zero-order valence-electron chi connectivity index (χ0n) is 18.4. The summed E-state index contributed by atoms with van der Waals surface area (Å²) in [5.41, 5.74) is 8.99. The predicted octanol–water partition coefficient (Wildman–Crippen LogP) is 3.88. The molecule has 1 aliphatic rings. The zero-order valence-corrected chi connectivity index (χ0v) is 18.4. The number of methoxy groups -OCH3 is 1. The summed E-state index contributed by atoms with van der Waals surface area (Å²) in [7, 11) is 1.79. The molecule has 3 heterocycles. The second-order valence-corrected chi connectivity index (χ2v) is 8.13. The fourth-order valence-corrected chi connectivity index (χ4v) is 4.34. The molecule has 1 saturated heterocycles. The maximum atomic E-state index is 11.9. The van der Waals surface area contributed by atoms with Crippen molar-refractivity contribution in [1.82, 2.24) is 14.5 Å². The molecule has 0 atom stereocenters. The third-order valence-electron chi connectivity index (χ3n) is 6.13. The summed E-state index contributed by atoms with van der Waals surface area (Å²) in [6.07, 6.45) is 5.87. The number of hydrogen-bond acceptors (Lipinski definition) is 6. The third kappa shape index (κ3) is 4.25. The number of benzene rings is 2. The van der Waals surface area contributed by atoms with Crippen LogP contribution in [0.3, 0.4) is 0 Å². The van der Waals surface area contributed by atoms with Gasteiger partial charge in [-0.15, -0.1) is 0 Å². The molecule has 0 unspecified atom stereocenters. The molecular formula is C25H26N6O2. The molecule has 0 radical (unpaired) electrons. The van der Waals surface area contributed by atoms with Crippen molar-refractivity contribution < 1.29 is 9.53 Å². The predicted molar refractivity (Wildman–Crippen MR) is 129 cm³/mol. The van der Waals surface area contributed by atoms with Crippen LogP contribution in [0.1, 0.15) is 23.2 Å². The lowest BCUT2D eigenvalue weighted by Crippen LogP contribution is -2.36. The molecule has 0 saturated carbocycles. The maximum Gasteiger partial charge on any atom is 0.250 e. The summed E-state index contributed by atoms with van der Waals surface area (Å²) < 4.78 is 7.32. The standard InChI is InChI=1S/C25H26N6O2/c1-33-19-11-14-30(15-12-19)18-8-6-17(7-9-18)28-25-27-13-10-23(29-25)31-16-21(24(26)32)20-4-2-3-5-22(20)31/h2-10,13,16,19H,11-12,14-15H2,1H3,(H2,26,32)(H,27,28,29). The highest BCUT2D eigenvalue weighted by atomic mass is 16.5. The van der Waals surface area contributed by atoms with E-state index in [4.69, 9.17) is 10.5 Å². The number of fused-ring (bicyclic) bond motifs is 1. The average molecular weight is 443 g/mol. The van der Waals surface area contributed by atoms with Crippen molar-refractivity contribution in [2.75, 3.05) is 30.4 Å². The van der Waals surface area contributed by atoms with Crippen molar-refractivity contribution in [1.29, 1.82) is 0 Å². The van der Waals surface area contributed by atoms with Crippen LogP contribution < -0.4 is 16.0 Å². The molecule has 5 rings (SSSR count). The van der Waals surface area contributed by atoms with Gasteiger partial charge in [0.15, 0.2) is 0 Å². The van der Waals surface area contributed by atoms with Gasteiger partial charge in [0, 0.05) is 49.4 Å². The molecule has 168 valence electrons. The lowest BCUT2D eigenvalue weighted by Gasteiger charge is -2.33. The number of carbonyl (C=O) groups is 1. The molecule has 1 fully saturated rings. The SMILES string of the molecule is COC1CCN(c2ccc(Nc3nccc(-n4cc(C(N)=O)c5ccccc54)n3)cc2)CC1. The van der Waals surface area contributed by atoms with Crippen molar-refractivity contribution in [3.8, 4) is 5.82 Å². The van der Waals surface area contributed by atoms with Crippen molar-refractivity contribution in [2.45, 2.75) is 18.9 Å². The van der Waals surface area contributed by atoms with Gasteiger partial charge in [-0.25, -0.2) is 4.98 Å². The molecule has 2 aromatic carbocycles. The minimum Gasteiger partial charge on any atom is -0.381 e. The number of rotatable bonds is 6. The molecule has 0 bridgehead atoms. The average Bonchev–Trinajstić information content (AvgIpc) is 3.25. The monoisotopic (exact) mass is 442 g/mol. The summed E-state index contributed by atoms with van der Waals surface area (Å²) in [6.45, 7) is 1.99. The third-order valence-corrected chi connectivity index (χ3v) is 6.13. The van der Waals surface area contributed by atoms with Crippen LogP contribution in [0.2, 0.25) is 0 Å². The Morgan fingerprint density at radius 3 is 2.58 bits per heavy atom. The lowest BCUT2D eigenvalue weighted by molar-refractivity contribution is 0.0819. The second-order valence-electron chi connectivity index (χ2n) is 8.13. The van der Waals surface area contributed by atoms with E-state index in [9.17, 15) is 4.79 Å². The summed E-state index contributed by atoms with van der Waals surface area (Å²) in [5, 5.41) is 4.07. The van der Waals surface area contributed by atoms with Gasteiger partial charge < -0.3 is 25.3 Å². The van der Waals surface area contributed by atoms with Gasteiger partial charge >= 0.3 is 0 Å². The van der Waals surface area contributed by atoms with Gasteiger partial charge in [-0.1, -0.05) is 18.2 Å². The van der Waals surface area contributed by atoms with E-state index in [-0.39, 0.29) is 0 Å². The normalized spacial score (nSPS) is 14.5. The van der Waals surface area contributed by atoms with Gasteiger partial charge in [0.1, 0.15) is 5.82 Å². The summed E-state index contributed by atoms with van der Waals surface area (Å²) in [6, 6.07) is 17.7. The quantitative estimate of drug-likeness (QED) is 0.470. The molecule has 2 aromatic heterocycles. The maximum absolute atomic E-state index is 11.9. The summed E-state index contributed by atoms with van der Waals surface area (Å²) in [4.78, 5) is 23.3. The van der Waals surface area contributed by atoms with Crippen LogP contribution in [-0.2, 0) is 4.74 Å². The van der Waals surface area contributed by atoms with E-state index in [0.29, 0.717) is 23.4 Å². The number of ether oxygens (including phenoxy) is 1. The Morgan fingerprint density at radius 2 is 1.85 bits per heavy atom. The number of aromatic nitrogens is 3. The van der Waals surface area contributed by atoms with Crippen LogP contribution in [0.4, 0.5) is 17.3 Å². The number of hydrogen-bond donors (Lipinski definition) is 2. The Bertz CT molecular complexity index is 1280. The molecule has 8 nitrogen and oxygen atoms in total. The topological polar surface area (TPSA) is 98.3 Å². The van der Waals surface area contributed by atoms with Gasteiger partial charge in [-0.3, -0.25) is 4.79 Å². The number of anilines is 3. The number of nitrogens with zero attached hydrogens (tertiary/aromatic N) is 4. The fourth-order valence-electron chi connectivity index (χ4n) is 4.34. The summed E-state index contributed by atoms with van der Waals surface area (Å²) in [5.74, 6) is 0.650. The van der Waals surface area contributed by atoms with Crippen LogP contribution in [-0.4, -0.2) is 46.7 Å². The first-order valence-corrected chi connectivity index (χ1v) is 11.0. The number of nitrogens with one attached hydrogen (secondary N) is 1. The van der Waals surface area contributed by atoms with E-state index in [1.165, 1.54) is 5.69 Å². The fraction of sp³-hybridized carbons (Fsp3) is 0.240. The molecule has 0 spiro atoms. The van der Waals surface area contributed by atoms with Crippen molar-refractivity contribution in [2.24, 2.45) is 5.73 Å². The molecule has 33 heavy (non-hydrogen) atoms. The Balaban J connectivity index is 1.36. The van der Waals surface area contributed by atoms with Gasteiger partial charge in [0.05, 0.1) is 17.2 Å². The molecule has 1 amide bonds. The van der Waals surface area contributed by atoms with Gasteiger partial charge in [0.2, 0.25) is 5.95 Å². The van der Waals surface area contributed by atoms with E-state index >= 15 is 0 Å². The highest BCUT2D eigenvalue weighted by Crippen LogP contribution is 2.26. The first-order valence-electron chi connectivity index (χ1n) is 11.0. The van der Waals surface area contributed by atoms with Gasteiger partial charge in [0.25, 0.3) is 5.91 Å². The Kier molecular flexibility index (Phi) is 5.66. The molecular weight excluding hydrogens is 416 g/mol. The largest absolute Gasteiger partial charge is 0.381 e. The van der Waals surface area contributed by atoms with Crippen molar-refractivity contribution >= 4 is 34.1 Å². The minimum atomic E-state index is -0.469. The molecule has 0 aliphatic carbocycles. The number of amides is 1. The smallest absolute Gasteiger partial charge is 0.250 e. The van der Waals surface area contributed by atoms with Crippen LogP contribution in [0.25, 0.3) is 16.7 Å². The first kappa shape index (κ1) is 21.0. The van der Waals surface area contributed by atoms with Crippen LogP contribution in [0.15, 0.2) is 67.0 Å². The van der Waals surface area contributed by atoms with Crippen LogP contribution in [0.5, 0.6) is 0 Å². The van der Waals surface area contributed by atoms with Crippen molar-refractivity contribution in [3.63, 3.8) is 0 Å². The number of para-hydroxylation sites is 1. The van der Waals surface area contributed by atoms with Crippen molar-refractivity contribution in [3.05, 3.63) is 72.6 Å². The first-order chi connectivity index (χ1) is 16.1. The minimum absolute atomic E-state index is 0.364. The van der Waals surface area contributed by atoms with E-state index in [2.05, 4.69) is 32.3 Å². The Hall–Kier alpha value is -3.91. The lowest BCUT2D eigenvalue weighted by atomic mass is 10.1. The van der Waals surface area contributed by atoms with Crippen LogP contribution in [0, 0.1) is 0 Å². The molecule has 1 aliphatic heterocycles. The van der Waals surface area contributed by atoms with E-state index in [1.807, 2.05) is 41.0 Å². The molecule has 8 heteroatoms. The highest BCUT2D eigenvalue weighted by Gasteiger charge is 2.19.